The van der Waals surface area contributed by atoms with Gasteiger partial charge in [0.15, 0.2) is 0 Å². The maximum Gasteiger partial charge on any atom is 0.00617 e. The molecule has 16 heavy (non-hydrogen) atoms. The first-order chi connectivity index (χ1) is 7.45. The Morgan fingerprint density at radius 1 is 0.625 bits per heavy atom. The van der Waals surface area contributed by atoms with Crippen molar-refractivity contribution >= 4 is 0 Å². The van der Waals surface area contributed by atoms with Crippen LogP contribution < -0.4 is 10.6 Å². The van der Waals surface area contributed by atoms with Crippen LogP contribution in [-0.2, 0) is 0 Å². The molecule has 2 heteroatoms. The molecule has 2 N–H and O–H groups in total. The van der Waals surface area contributed by atoms with Gasteiger partial charge in [-0.3, -0.25) is 0 Å². The van der Waals surface area contributed by atoms with E-state index in [1.165, 1.54) is 12.8 Å². The van der Waals surface area contributed by atoms with E-state index in [1.807, 2.05) is 0 Å². The predicted molar refractivity (Wildman–Crippen MR) is 73.8 cm³/mol. The number of rotatable bonds is 9. The lowest BCUT2D eigenvalue weighted by atomic mass is 10.1. The summed E-state index contributed by atoms with van der Waals surface area (Å²) in [7, 11) is 0. The van der Waals surface area contributed by atoms with Crippen LogP contribution in [-0.4, -0.2) is 25.2 Å². The number of nitrogens with one attached hydrogen (secondary N) is 2. The minimum atomic E-state index is 0.641. The van der Waals surface area contributed by atoms with Gasteiger partial charge in [0, 0.05) is 12.1 Å². The van der Waals surface area contributed by atoms with Crippen molar-refractivity contribution in [2.45, 2.75) is 66.5 Å². The Kier molecular flexibility index (Phi) is 8.96. The highest BCUT2D eigenvalue weighted by Crippen LogP contribution is 2.01. The van der Waals surface area contributed by atoms with Crippen LogP contribution in [0.2, 0.25) is 0 Å². The highest BCUT2D eigenvalue weighted by Gasteiger charge is 2.06. The van der Waals surface area contributed by atoms with Gasteiger partial charge < -0.3 is 10.6 Å². The Balaban J connectivity index is 3.28. The number of unbranched alkanes of at least 4 members (excludes halogenated alkanes) is 1. The molecule has 2 atom stereocenters. The lowest BCUT2D eigenvalue weighted by Crippen LogP contribution is -2.33. The van der Waals surface area contributed by atoms with Crippen LogP contribution in [0.4, 0.5) is 0 Å². The van der Waals surface area contributed by atoms with Crippen LogP contribution in [0.3, 0.4) is 0 Å². The van der Waals surface area contributed by atoms with Crippen molar-refractivity contribution < 1.29 is 0 Å². The molecule has 0 aromatic carbocycles. The average Bonchev–Trinajstić information content (AvgIpc) is 2.21. The van der Waals surface area contributed by atoms with Crippen molar-refractivity contribution in [3.63, 3.8) is 0 Å². The van der Waals surface area contributed by atoms with Gasteiger partial charge in [-0.2, -0.15) is 0 Å². The predicted octanol–water partition coefficient (Wildman–Crippen LogP) is 3.03. The molecule has 0 fully saturated rings. The first-order valence-electron chi connectivity index (χ1n) is 6.92. The van der Waals surface area contributed by atoms with E-state index >= 15 is 0 Å². The van der Waals surface area contributed by atoms with Gasteiger partial charge in [0.05, 0.1) is 0 Å². The summed E-state index contributed by atoms with van der Waals surface area (Å²) in [5.41, 5.74) is 0. The molecule has 0 aliphatic heterocycles. The van der Waals surface area contributed by atoms with Crippen molar-refractivity contribution in [1.82, 2.24) is 10.6 Å². The highest BCUT2D eigenvalue weighted by atomic mass is 14.9. The molecule has 0 aliphatic carbocycles. The van der Waals surface area contributed by atoms with E-state index in [1.54, 1.807) is 0 Å². The van der Waals surface area contributed by atoms with E-state index in [-0.39, 0.29) is 0 Å². The second-order valence-electron chi connectivity index (χ2n) is 5.68. The van der Waals surface area contributed by atoms with Crippen LogP contribution in [0.15, 0.2) is 0 Å². The topological polar surface area (TPSA) is 24.1 Å². The monoisotopic (exact) mass is 228 g/mol. The van der Waals surface area contributed by atoms with Crippen molar-refractivity contribution in [1.29, 1.82) is 0 Å². The summed E-state index contributed by atoms with van der Waals surface area (Å²) < 4.78 is 0. The third-order valence-electron chi connectivity index (χ3n) is 3.54. The summed E-state index contributed by atoms with van der Waals surface area (Å²) in [6.07, 6.45) is 2.55. The summed E-state index contributed by atoms with van der Waals surface area (Å²) >= 11 is 0. The number of hydrogen-bond acceptors (Lipinski definition) is 2. The Morgan fingerprint density at radius 2 is 0.938 bits per heavy atom. The van der Waals surface area contributed by atoms with Gasteiger partial charge >= 0.3 is 0 Å². The maximum atomic E-state index is 3.57. The summed E-state index contributed by atoms with van der Waals surface area (Å²) in [5.74, 6) is 1.47. The zero-order valence-corrected chi connectivity index (χ0v) is 12.1. The quantitative estimate of drug-likeness (QED) is 0.593. The largest absolute Gasteiger partial charge is 0.314 e. The summed E-state index contributed by atoms with van der Waals surface area (Å²) in [4.78, 5) is 0. The Morgan fingerprint density at radius 3 is 1.19 bits per heavy atom. The minimum absolute atomic E-state index is 0.641. The SMILES string of the molecule is CC(C)C(C)NCCCCNC(C)C(C)C. The first-order valence-corrected chi connectivity index (χ1v) is 6.92. The van der Waals surface area contributed by atoms with E-state index in [0.717, 1.165) is 24.9 Å². The zero-order chi connectivity index (χ0) is 12.6. The van der Waals surface area contributed by atoms with E-state index in [0.29, 0.717) is 12.1 Å². The summed E-state index contributed by atoms with van der Waals surface area (Å²) in [6, 6.07) is 1.28. The standard InChI is InChI=1S/C14H32N2/c1-11(2)13(5)15-9-7-8-10-16-14(6)12(3)4/h11-16H,7-10H2,1-6H3. The molecule has 0 saturated heterocycles. The lowest BCUT2D eigenvalue weighted by molar-refractivity contribution is 0.403. The lowest BCUT2D eigenvalue weighted by Gasteiger charge is -2.19. The fraction of sp³-hybridized carbons (Fsp3) is 1.00. The molecule has 2 nitrogen and oxygen atoms in total. The molecule has 0 radical (unpaired) electrons. The molecule has 0 aromatic heterocycles. The van der Waals surface area contributed by atoms with Crippen LogP contribution in [0, 0.1) is 11.8 Å². The van der Waals surface area contributed by atoms with Crippen LogP contribution in [0.5, 0.6) is 0 Å². The summed E-state index contributed by atoms with van der Waals surface area (Å²) in [5, 5.41) is 7.13. The second kappa shape index (κ2) is 9.00. The molecule has 0 aromatic rings. The number of hydrogen-bond donors (Lipinski definition) is 2. The van der Waals surface area contributed by atoms with Gasteiger partial charge in [0.25, 0.3) is 0 Å². The Bertz CT molecular complexity index is 137. The molecular weight excluding hydrogens is 196 g/mol. The van der Waals surface area contributed by atoms with Gasteiger partial charge in [0.1, 0.15) is 0 Å². The van der Waals surface area contributed by atoms with Crippen molar-refractivity contribution in [2.24, 2.45) is 11.8 Å². The van der Waals surface area contributed by atoms with E-state index in [4.69, 9.17) is 0 Å². The second-order valence-corrected chi connectivity index (χ2v) is 5.68. The molecule has 98 valence electrons. The first kappa shape index (κ1) is 15.9. The Hall–Kier alpha value is -0.0800. The van der Waals surface area contributed by atoms with E-state index in [2.05, 4.69) is 52.2 Å². The fourth-order valence-corrected chi connectivity index (χ4v) is 1.38. The van der Waals surface area contributed by atoms with Crippen molar-refractivity contribution in [3.8, 4) is 0 Å². The van der Waals surface area contributed by atoms with Gasteiger partial charge in [-0.15, -0.1) is 0 Å². The Labute approximate surface area is 103 Å². The normalized spacial score (nSPS) is 15.8. The smallest absolute Gasteiger partial charge is 0.00617 e. The van der Waals surface area contributed by atoms with Crippen molar-refractivity contribution in [3.05, 3.63) is 0 Å². The maximum absolute atomic E-state index is 3.57. The van der Waals surface area contributed by atoms with Gasteiger partial charge in [0.2, 0.25) is 0 Å². The van der Waals surface area contributed by atoms with E-state index < -0.39 is 0 Å². The van der Waals surface area contributed by atoms with Crippen LogP contribution in [0.1, 0.15) is 54.4 Å². The average molecular weight is 228 g/mol. The molecule has 0 bridgehead atoms. The molecule has 0 aliphatic rings. The van der Waals surface area contributed by atoms with Crippen molar-refractivity contribution in [2.75, 3.05) is 13.1 Å². The third-order valence-corrected chi connectivity index (χ3v) is 3.54. The van der Waals surface area contributed by atoms with Gasteiger partial charge in [-0.25, -0.2) is 0 Å². The van der Waals surface area contributed by atoms with Gasteiger partial charge in [-0.1, -0.05) is 27.7 Å². The fourth-order valence-electron chi connectivity index (χ4n) is 1.38. The summed E-state index contributed by atoms with van der Waals surface area (Å²) in [6.45, 7) is 15.9. The van der Waals surface area contributed by atoms with Crippen LogP contribution >= 0.6 is 0 Å². The molecule has 0 rings (SSSR count). The van der Waals surface area contributed by atoms with Crippen LogP contribution in [0.25, 0.3) is 0 Å². The molecule has 0 amide bonds. The molecule has 2 unspecified atom stereocenters. The molecule has 0 heterocycles. The van der Waals surface area contributed by atoms with Gasteiger partial charge in [-0.05, 0) is 51.6 Å². The molecule has 0 saturated carbocycles. The third kappa shape index (κ3) is 8.12. The highest BCUT2D eigenvalue weighted by molar-refractivity contribution is 4.66. The van der Waals surface area contributed by atoms with E-state index in [9.17, 15) is 0 Å². The zero-order valence-electron chi connectivity index (χ0n) is 12.1. The molecular formula is C14H32N2. The molecule has 0 spiro atoms. The minimum Gasteiger partial charge on any atom is -0.314 e.